The van der Waals surface area contributed by atoms with Gasteiger partial charge in [-0.05, 0) is 88.1 Å². The predicted octanol–water partition coefficient (Wildman–Crippen LogP) is 7.27. The molecule has 2 atom stereocenters. The first-order chi connectivity index (χ1) is 22.4. The molecule has 0 aliphatic heterocycles. The van der Waals surface area contributed by atoms with Crippen LogP contribution in [-0.2, 0) is 26.7 Å². The third-order valence-electron chi connectivity index (χ3n) is 7.30. The number of alkyl halides is 7. The number of carbonyl (C=O) groups is 2. The summed E-state index contributed by atoms with van der Waals surface area (Å²) >= 11 is 3.13. The molecule has 2 aromatic carbocycles. The summed E-state index contributed by atoms with van der Waals surface area (Å²) < 4.78 is 80.8. The Hall–Kier alpha value is -2.16. The first kappa shape index (κ1) is 50.0. The van der Waals surface area contributed by atoms with Crippen LogP contribution in [0.15, 0.2) is 73.8 Å². The van der Waals surface area contributed by atoms with Gasteiger partial charge in [-0.25, -0.2) is 0 Å². The van der Waals surface area contributed by atoms with Crippen molar-refractivity contribution in [3.63, 3.8) is 0 Å². The van der Waals surface area contributed by atoms with Crippen LogP contribution < -0.4 is 40.2 Å². The average molecular weight is 792 g/mol. The van der Waals surface area contributed by atoms with E-state index in [9.17, 15) is 41.0 Å². The van der Waals surface area contributed by atoms with Crippen LogP contribution in [0.25, 0.3) is 0 Å². The molecule has 50 heavy (non-hydrogen) atoms. The summed E-state index contributed by atoms with van der Waals surface area (Å²) in [7, 11) is 0. The molecule has 0 aliphatic carbocycles. The number of carbonyl (C=O) groups excluding carboxylic acids is 2. The molecule has 278 valence electrons. The van der Waals surface area contributed by atoms with Gasteiger partial charge in [0.15, 0.2) is 0 Å². The Morgan fingerprint density at radius 3 is 1.36 bits per heavy atom. The number of aliphatic hydroxyl groups excluding tert-OH is 1. The molecule has 2 aromatic rings. The van der Waals surface area contributed by atoms with Gasteiger partial charge in [0.2, 0.25) is 11.8 Å². The molecule has 0 bridgehead atoms. The van der Waals surface area contributed by atoms with Crippen molar-refractivity contribution < 1.29 is 76.8 Å². The molecule has 0 aliphatic rings. The van der Waals surface area contributed by atoms with E-state index in [1.165, 1.54) is 24.3 Å². The van der Waals surface area contributed by atoms with Crippen molar-refractivity contribution in [2.24, 2.45) is 22.7 Å². The van der Waals surface area contributed by atoms with Crippen LogP contribution in [0.4, 0.5) is 37.7 Å². The molecule has 6 nitrogen and oxygen atoms in total. The molecule has 2 rings (SSSR count). The van der Waals surface area contributed by atoms with E-state index >= 15 is 0 Å². The van der Waals surface area contributed by atoms with Crippen molar-refractivity contribution in [1.82, 2.24) is 0 Å². The molecule has 0 saturated heterocycles. The Morgan fingerprint density at radius 2 is 1.10 bits per heavy atom. The molecule has 0 spiro atoms. The van der Waals surface area contributed by atoms with Crippen LogP contribution in [0.3, 0.4) is 0 Å². The maximum atomic E-state index is 12.6. The monoisotopic (exact) mass is 790 g/mol. The minimum atomic E-state index is -4.41. The first-order valence-electron chi connectivity index (χ1n) is 15.4. The smallest absolute Gasteiger partial charge is 1.00 e. The van der Waals surface area contributed by atoms with Crippen molar-refractivity contribution in [1.29, 1.82) is 0 Å². The molecule has 0 saturated carbocycles. The van der Waals surface area contributed by atoms with Gasteiger partial charge in [0, 0.05) is 16.7 Å². The number of nitrogens with one attached hydrogen (secondary N) is 2. The number of rotatable bonds is 12. The zero-order valence-electron chi connectivity index (χ0n) is 31.2. The maximum Gasteiger partial charge on any atom is 1.00 e. The molecule has 0 aromatic heterocycles. The van der Waals surface area contributed by atoms with Gasteiger partial charge in [0.1, 0.15) is 0 Å². The summed E-state index contributed by atoms with van der Waals surface area (Å²) in [5.74, 6) is -0.787. The summed E-state index contributed by atoms with van der Waals surface area (Å²) in [6, 6.07) is 8.56. The topological polar surface area (TPSA) is 87.7 Å². The van der Waals surface area contributed by atoms with Crippen LogP contribution in [0.2, 0.25) is 0 Å². The summed E-state index contributed by atoms with van der Waals surface area (Å²) in [5, 5.41) is 16.1. The number of amides is 2. The van der Waals surface area contributed by atoms with Gasteiger partial charge >= 0.3 is 41.9 Å². The van der Waals surface area contributed by atoms with Gasteiger partial charge in [0.05, 0.1) is 40.8 Å². The third-order valence-corrected chi connectivity index (χ3v) is 7.76. The number of benzene rings is 2. The van der Waals surface area contributed by atoms with E-state index in [0.29, 0.717) is 12.3 Å². The molecule has 2 unspecified atom stereocenters. The zero-order valence-corrected chi connectivity index (χ0v) is 33.8. The molecule has 0 heterocycles. The Labute approximate surface area is 324 Å². The third kappa shape index (κ3) is 16.5. The van der Waals surface area contributed by atoms with Gasteiger partial charge in [-0.2, -0.15) is 26.3 Å². The van der Waals surface area contributed by atoms with Gasteiger partial charge in [0.25, 0.3) is 0 Å². The van der Waals surface area contributed by atoms with Crippen LogP contribution in [0, 0.1) is 22.7 Å². The van der Waals surface area contributed by atoms with Crippen molar-refractivity contribution in [3.05, 3.63) is 85.0 Å². The fraction of sp³-hybridized carbons (Fsp3) is 0.500. The number of anilines is 2. The Bertz CT molecular complexity index is 1340. The quantitative estimate of drug-likeness (QED) is 0.0915. The summed E-state index contributed by atoms with van der Waals surface area (Å²) in [6.07, 6.45) is -6.62. The van der Waals surface area contributed by atoms with Crippen LogP contribution in [-0.4, -0.2) is 41.1 Å². The van der Waals surface area contributed by atoms with Crippen molar-refractivity contribution >= 4 is 39.1 Å². The first-order valence-corrected chi connectivity index (χ1v) is 16.5. The Morgan fingerprint density at radius 1 is 0.760 bits per heavy atom. The zero-order chi connectivity index (χ0) is 38.4. The molecular weight excluding hydrogens is 741 g/mol. The largest absolute Gasteiger partial charge is 1.00 e. The summed E-state index contributed by atoms with van der Waals surface area (Å²) in [6.45, 7) is 21.5. The van der Waals surface area contributed by atoms with E-state index in [4.69, 9.17) is 4.74 Å². The fourth-order valence-corrected chi connectivity index (χ4v) is 4.57. The number of allylic oxidation sites excluding steroid dienone is 1. The van der Waals surface area contributed by atoms with Crippen LogP contribution in [0.5, 0.6) is 0 Å². The molecular formula is C36H50BrF6N2NaO4. The second kappa shape index (κ2) is 22.0. The molecule has 2 amide bonds. The minimum absolute atomic E-state index is 0. The number of hydrogen-bond acceptors (Lipinski definition) is 4. The van der Waals surface area contributed by atoms with E-state index < -0.39 is 46.3 Å². The Balaban J connectivity index is -0.000000793. The second-order valence-electron chi connectivity index (χ2n) is 12.9. The van der Waals surface area contributed by atoms with Crippen molar-refractivity contribution in [3.8, 4) is 0 Å². The van der Waals surface area contributed by atoms with Gasteiger partial charge in [-0.15, -0.1) is 13.2 Å². The van der Waals surface area contributed by atoms with Crippen LogP contribution >= 0.6 is 15.9 Å². The molecule has 0 fully saturated rings. The molecule has 3 N–H and O–H groups in total. The standard InChI is InChI=1S/C18H24F3NO2.C15H20F3NO2.C3H5Br.Na.H/c1-6-11-24-15(12(2)3)17(4,5)16(23)22-14-9-7-13(8-10-14)18(19,20)21;1-9(2)12(20)14(3,4)13(21)19-11-7-5-10(6-8-11)15(16,17)18;1-2-3-4;;/h6-10,12,15H,1,11H2,2-5H3,(H,22,23);5-9,12,20H,1-4H3,(H,19,21);2H,1,3H2;;/q;;;+1;-1. The van der Waals surface area contributed by atoms with Crippen molar-refractivity contribution in [2.75, 3.05) is 22.6 Å². The molecule has 0 radical (unpaired) electrons. The average Bonchev–Trinajstić information content (AvgIpc) is 3.00. The number of hydrogen-bond donors (Lipinski definition) is 3. The number of aliphatic hydroxyl groups is 1. The van der Waals surface area contributed by atoms with Gasteiger partial charge in [-0.3, -0.25) is 9.59 Å². The van der Waals surface area contributed by atoms with E-state index in [1.807, 2.05) is 13.8 Å². The van der Waals surface area contributed by atoms with E-state index in [0.717, 1.165) is 29.6 Å². The van der Waals surface area contributed by atoms with E-state index in [-0.39, 0.29) is 60.5 Å². The van der Waals surface area contributed by atoms with E-state index in [1.54, 1.807) is 53.7 Å². The normalized spacial score (nSPS) is 13.0. The van der Waals surface area contributed by atoms with E-state index in [2.05, 4.69) is 39.7 Å². The SMILES string of the molecule is C=CCBr.C=CCOC(C(C)C)C(C)(C)C(=O)Nc1ccc(C(F)(F)F)cc1.CC(C)C(O)C(C)(C)C(=O)Nc1ccc(C(F)(F)F)cc1.[H-].[Na+]. The Kier molecular flexibility index (Phi) is 22.0. The summed E-state index contributed by atoms with van der Waals surface area (Å²) in [4.78, 5) is 24.8. The molecule has 14 heteroatoms. The minimum Gasteiger partial charge on any atom is -1.00 e. The number of halogens is 7. The second-order valence-corrected chi connectivity index (χ2v) is 13.6. The van der Waals surface area contributed by atoms with Gasteiger partial charge < -0.3 is 21.9 Å². The van der Waals surface area contributed by atoms with Crippen molar-refractivity contribution in [2.45, 2.75) is 80.0 Å². The van der Waals surface area contributed by atoms with Crippen LogP contribution in [0.1, 0.15) is 67.9 Å². The maximum absolute atomic E-state index is 12.6. The van der Waals surface area contributed by atoms with Gasteiger partial charge in [-0.1, -0.05) is 55.8 Å². The predicted molar refractivity (Wildman–Crippen MR) is 188 cm³/mol. The summed E-state index contributed by atoms with van der Waals surface area (Å²) in [5.41, 5.74) is -2.86. The fourth-order valence-electron chi connectivity index (χ4n) is 4.57. The number of ether oxygens (including phenoxy) is 1.